The fourth-order valence-electron chi connectivity index (χ4n) is 2.73. The third kappa shape index (κ3) is 5.14. The molecule has 0 aromatic heterocycles. The first kappa shape index (κ1) is 19.6. The molecule has 8 nitrogen and oxygen atoms in total. The van der Waals surface area contributed by atoms with Crippen LogP contribution in [0, 0.1) is 16.0 Å². The van der Waals surface area contributed by atoms with Gasteiger partial charge < -0.3 is 20.1 Å². The Kier molecular flexibility index (Phi) is 6.11. The molecule has 1 aromatic rings. The van der Waals surface area contributed by atoms with Crippen LogP contribution in [0.2, 0.25) is 0 Å². The molecule has 26 heavy (non-hydrogen) atoms. The van der Waals surface area contributed by atoms with E-state index in [4.69, 9.17) is 10.5 Å². The van der Waals surface area contributed by atoms with E-state index in [1.807, 2.05) is 0 Å². The van der Waals surface area contributed by atoms with Gasteiger partial charge in [-0.3, -0.25) is 10.1 Å². The van der Waals surface area contributed by atoms with Crippen LogP contribution in [0.25, 0.3) is 0 Å². The number of piperidine rings is 1. The van der Waals surface area contributed by atoms with Crippen molar-refractivity contribution >= 4 is 17.5 Å². The highest BCUT2D eigenvalue weighted by molar-refractivity contribution is 5.64. The predicted octanol–water partition coefficient (Wildman–Crippen LogP) is 2.85. The Morgan fingerprint density at radius 2 is 1.96 bits per heavy atom. The van der Waals surface area contributed by atoms with Crippen molar-refractivity contribution in [2.75, 3.05) is 31.2 Å². The smallest absolute Gasteiger partial charge is 0.404 e. The zero-order chi connectivity index (χ0) is 19.3. The van der Waals surface area contributed by atoms with E-state index in [1.165, 1.54) is 18.2 Å². The number of nitro benzene ring substituents is 1. The van der Waals surface area contributed by atoms with Crippen LogP contribution in [0.5, 0.6) is 5.75 Å². The van der Waals surface area contributed by atoms with Crippen molar-refractivity contribution in [3.63, 3.8) is 0 Å². The first-order chi connectivity index (χ1) is 12.2. The van der Waals surface area contributed by atoms with Crippen LogP contribution in [0.4, 0.5) is 29.3 Å². The summed E-state index contributed by atoms with van der Waals surface area (Å²) < 4.78 is 48.3. The third-order valence-electron chi connectivity index (χ3n) is 4.04. The molecule has 0 spiro atoms. The number of hydrogen-bond donors (Lipinski definition) is 1. The van der Waals surface area contributed by atoms with Gasteiger partial charge in [-0.1, -0.05) is 0 Å². The van der Waals surface area contributed by atoms with Gasteiger partial charge in [0.1, 0.15) is 19.0 Å². The van der Waals surface area contributed by atoms with Crippen LogP contribution < -0.4 is 15.4 Å². The molecule has 0 unspecified atom stereocenters. The SMILES string of the molecule is NC(=O)OCCOc1cc([N+](=O)[O-])ccc1N1CCC(C(F)(F)F)CC1. The highest BCUT2D eigenvalue weighted by atomic mass is 19.4. The molecule has 2 N–H and O–H groups in total. The molecule has 0 radical (unpaired) electrons. The summed E-state index contributed by atoms with van der Waals surface area (Å²) in [4.78, 5) is 22.6. The Bertz CT molecular complexity index is 660. The molecule has 1 saturated heterocycles. The van der Waals surface area contributed by atoms with Crippen LogP contribution in [0.15, 0.2) is 18.2 Å². The molecule has 144 valence electrons. The largest absolute Gasteiger partial charge is 0.488 e. The Morgan fingerprint density at radius 3 is 2.50 bits per heavy atom. The quantitative estimate of drug-likeness (QED) is 0.464. The van der Waals surface area contributed by atoms with Crippen LogP contribution in [-0.4, -0.2) is 43.5 Å². The summed E-state index contributed by atoms with van der Waals surface area (Å²) >= 11 is 0. The average Bonchev–Trinajstić information content (AvgIpc) is 2.57. The first-order valence-electron chi connectivity index (χ1n) is 7.83. The molecule has 0 bridgehead atoms. The van der Waals surface area contributed by atoms with Gasteiger partial charge in [0.05, 0.1) is 22.6 Å². The lowest BCUT2D eigenvalue weighted by Crippen LogP contribution is -2.39. The Labute approximate surface area is 146 Å². The molecule has 11 heteroatoms. The lowest BCUT2D eigenvalue weighted by molar-refractivity contribution is -0.384. The minimum Gasteiger partial charge on any atom is -0.488 e. The molecule has 1 aliphatic rings. The monoisotopic (exact) mass is 377 g/mol. The minimum atomic E-state index is -4.23. The number of nitrogens with zero attached hydrogens (tertiary/aromatic N) is 2. The third-order valence-corrected chi connectivity index (χ3v) is 4.04. The van der Waals surface area contributed by atoms with Gasteiger partial charge in [0, 0.05) is 19.2 Å². The first-order valence-corrected chi connectivity index (χ1v) is 7.83. The molecular weight excluding hydrogens is 359 g/mol. The average molecular weight is 377 g/mol. The summed E-state index contributed by atoms with van der Waals surface area (Å²) in [5, 5.41) is 10.9. The van der Waals surface area contributed by atoms with E-state index >= 15 is 0 Å². The number of carbonyl (C=O) groups is 1. The number of anilines is 1. The van der Waals surface area contributed by atoms with Gasteiger partial charge in [-0.2, -0.15) is 13.2 Å². The van der Waals surface area contributed by atoms with E-state index in [-0.39, 0.29) is 50.6 Å². The predicted molar refractivity (Wildman–Crippen MR) is 85.1 cm³/mol. The minimum absolute atomic E-state index is 0.0648. The summed E-state index contributed by atoms with van der Waals surface area (Å²) in [5.41, 5.74) is 5.06. The molecule has 1 aromatic carbocycles. The molecule has 0 atom stereocenters. The maximum Gasteiger partial charge on any atom is 0.404 e. The van der Waals surface area contributed by atoms with Gasteiger partial charge >= 0.3 is 12.3 Å². The number of primary amides is 1. The van der Waals surface area contributed by atoms with E-state index in [2.05, 4.69) is 4.74 Å². The van der Waals surface area contributed by atoms with Crippen molar-refractivity contribution in [3.05, 3.63) is 28.3 Å². The maximum atomic E-state index is 12.8. The number of amides is 1. The van der Waals surface area contributed by atoms with Gasteiger partial charge in [-0.25, -0.2) is 4.79 Å². The van der Waals surface area contributed by atoms with Gasteiger partial charge in [0.25, 0.3) is 5.69 Å². The molecule has 1 fully saturated rings. The second kappa shape index (κ2) is 8.11. The second-order valence-corrected chi connectivity index (χ2v) is 5.73. The molecule has 1 amide bonds. The normalized spacial score (nSPS) is 15.6. The number of halogens is 3. The van der Waals surface area contributed by atoms with Crippen molar-refractivity contribution in [3.8, 4) is 5.75 Å². The lowest BCUT2D eigenvalue weighted by Gasteiger charge is -2.35. The number of carbonyl (C=O) groups excluding carboxylic acids is 1. The number of ether oxygens (including phenoxy) is 2. The topological polar surface area (TPSA) is 108 Å². The van der Waals surface area contributed by atoms with Crippen molar-refractivity contribution in [2.24, 2.45) is 11.7 Å². The highest BCUT2D eigenvalue weighted by Crippen LogP contribution is 2.38. The zero-order valence-electron chi connectivity index (χ0n) is 13.7. The number of hydrogen-bond acceptors (Lipinski definition) is 6. The van der Waals surface area contributed by atoms with Crippen LogP contribution in [0.1, 0.15) is 12.8 Å². The van der Waals surface area contributed by atoms with E-state index in [0.717, 1.165) is 0 Å². The van der Waals surface area contributed by atoms with E-state index < -0.39 is 23.1 Å². The zero-order valence-corrected chi connectivity index (χ0v) is 13.7. The van der Waals surface area contributed by atoms with Crippen LogP contribution >= 0.6 is 0 Å². The lowest BCUT2D eigenvalue weighted by atomic mass is 9.96. The van der Waals surface area contributed by atoms with Gasteiger partial charge in [-0.15, -0.1) is 0 Å². The Morgan fingerprint density at radius 1 is 1.31 bits per heavy atom. The number of benzene rings is 1. The summed E-state index contributed by atoms with van der Waals surface area (Å²) in [6.07, 6.45) is -5.34. The van der Waals surface area contributed by atoms with Crippen LogP contribution in [-0.2, 0) is 4.74 Å². The summed E-state index contributed by atoms with van der Waals surface area (Å²) in [6.45, 7) is 0.0377. The van der Waals surface area contributed by atoms with E-state index in [1.54, 1.807) is 4.90 Å². The standard InChI is InChI=1S/C15H18F3N3O5/c16-15(17,18)10-3-5-20(6-4-10)12-2-1-11(21(23)24)9-13(12)25-7-8-26-14(19)22/h1-2,9-10H,3-8H2,(H2,19,22). The molecule has 0 aliphatic carbocycles. The Hall–Kier alpha value is -2.72. The summed E-state index contributed by atoms with van der Waals surface area (Å²) in [6, 6.07) is 3.89. The molecule has 2 rings (SSSR count). The summed E-state index contributed by atoms with van der Waals surface area (Å²) in [5.74, 6) is -1.22. The van der Waals surface area contributed by atoms with Crippen molar-refractivity contribution in [1.82, 2.24) is 0 Å². The fraction of sp³-hybridized carbons (Fsp3) is 0.533. The van der Waals surface area contributed by atoms with Crippen LogP contribution in [0.3, 0.4) is 0 Å². The van der Waals surface area contributed by atoms with E-state index in [0.29, 0.717) is 5.69 Å². The molecule has 1 aliphatic heterocycles. The molecule has 0 saturated carbocycles. The number of nitro groups is 1. The molecular formula is C15H18F3N3O5. The number of non-ortho nitro benzene ring substituents is 1. The van der Waals surface area contributed by atoms with Crippen molar-refractivity contribution < 1.29 is 32.4 Å². The second-order valence-electron chi connectivity index (χ2n) is 5.73. The van der Waals surface area contributed by atoms with Gasteiger partial charge in [0.2, 0.25) is 0 Å². The maximum absolute atomic E-state index is 12.8. The highest BCUT2D eigenvalue weighted by Gasteiger charge is 2.41. The number of rotatable bonds is 6. The van der Waals surface area contributed by atoms with Crippen molar-refractivity contribution in [1.29, 1.82) is 0 Å². The fourth-order valence-corrected chi connectivity index (χ4v) is 2.73. The van der Waals surface area contributed by atoms with Gasteiger partial charge in [-0.05, 0) is 18.9 Å². The number of nitrogens with two attached hydrogens (primary N) is 1. The van der Waals surface area contributed by atoms with Crippen molar-refractivity contribution in [2.45, 2.75) is 19.0 Å². The molecule has 1 heterocycles. The van der Waals surface area contributed by atoms with E-state index in [9.17, 15) is 28.1 Å². The van der Waals surface area contributed by atoms with Gasteiger partial charge in [0.15, 0.2) is 0 Å². The number of alkyl halides is 3. The summed E-state index contributed by atoms with van der Waals surface area (Å²) in [7, 11) is 0. The Balaban J connectivity index is 2.11.